The van der Waals surface area contributed by atoms with E-state index in [0.717, 1.165) is 6.20 Å². The fraction of sp³-hybridized carbons (Fsp3) is 0.286. The molecule has 0 aromatic carbocycles. The van der Waals surface area contributed by atoms with Crippen molar-refractivity contribution in [2.24, 2.45) is 0 Å². The summed E-state index contributed by atoms with van der Waals surface area (Å²) in [4.78, 5) is 12.6. The van der Waals surface area contributed by atoms with Crippen molar-refractivity contribution in [1.82, 2.24) is 4.98 Å². The zero-order chi connectivity index (χ0) is 11.6. The number of aliphatic hydroxyl groups is 1. The number of nitrogens with zero attached hydrogens (tertiary/aromatic N) is 2. The summed E-state index contributed by atoms with van der Waals surface area (Å²) >= 11 is 0. The van der Waals surface area contributed by atoms with Crippen LogP contribution in [0.3, 0.4) is 0 Å². The second kappa shape index (κ2) is 4.13. The molecule has 3 N–H and O–H groups in total. The zero-order valence-corrected chi connectivity index (χ0v) is 7.35. The minimum absolute atomic E-state index is 0.0499. The van der Waals surface area contributed by atoms with E-state index in [1.807, 2.05) is 0 Å². The molecule has 0 unspecified atom stereocenters. The minimum atomic E-state index is -3.08. The van der Waals surface area contributed by atoms with Crippen molar-refractivity contribution in [3.63, 3.8) is 0 Å². The summed E-state index contributed by atoms with van der Waals surface area (Å²) in [5, 5.41) is 19.2. The van der Waals surface area contributed by atoms with Crippen LogP contribution in [-0.2, 0) is 6.61 Å². The van der Waals surface area contributed by atoms with E-state index in [9.17, 15) is 18.9 Å². The number of nitrogen functional groups attached to an aromatic ring is 1. The highest BCUT2D eigenvalue weighted by atomic mass is 19.3. The molecule has 0 spiro atoms. The van der Waals surface area contributed by atoms with E-state index in [1.165, 1.54) is 0 Å². The Morgan fingerprint density at radius 2 is 2.27 bits per heavy atom. The Morgan fingerprint density at radius 1 is 1.67 bits per heavy atom. The third kappa shape index (κ3) is 1.99. The first kappa shape index (κ1) is 11.2. The number of halogens is 2. The Bertz CT molecular complexity index is 397. The molecule has 0 amide bonds. The summed E-state index contributed by atoms with van der Waals surface area (Å²) in [6.07, 6.45) is -2.19. The van der Waals surface area contributed by atoms with Gasteiger partial charge in [-0.05, 0) is 0 Å². The average Bonchev–Trinajstić information content (AvgIpc) is 2.16. The first-order valence-electron chi connectivity index (χ1n) is 3.79. The molecule has 0 aliphatic carbocycles. The molecule has 0 bridgehead atoms. The molecule has 0 atom stereocenters. The number of anilines is 1. The van der Waals surface area contributed by atoms with Crippen LogP contribution in [0.1, 0.15) is 17.7 Å². The molecule has 82 valence electrons. The Labute approximate surface area is 82.5 Å². The Morgan fingerprint density at radius 3 is 2.67 bits per heavy atom. The number of aliphatic hydroxyl groups excluding tert-OH is 1. The maximum absolute atomic E-state index is 12.3. The number of hydrogen-bond donors (Lipinski definition) is 2. The molecule has 0 fully saturated rings. The predicted octanol–water partition coefficient (Wildman–Crippen LogP) is 1.00. The van der Waals surface area contributed by atoms with Crippen LogP contribution in [0.25, 0.3) is 0 Å². The van der Waals surface area contributed by atoms with Crippen LogP contribution >= 0.6 is 0 Å². The van der Waals surface area contributed by atoms with Gasteiger partial charge in [-0.1, -0.05) is 0 Å². The lowest BCUT2D eigenvalue weighted by Crippen LogP contribution is -2.06. The summed E-state index contributed by atoms with van der Waals surface area (Å²) in [6, 6.07) is 0. The fourth-order valence-corrected chi connectivity index (χ4v) is 1.05. The van der Waals surface area contributed by atoms with Gasteiger partial charge in [0.25, 0.3) is 6.43 Å². The average molecular weight is 219 g/mol. The van der Waals surface area contributed by atoms with Gasteiger partial charge in [-0.25, -0.2) is 13.8 Å². The summed E-state index contributed by atoms with van der Waals surface area (Å²) in [5.41, 5.74) is 2.79. The summed E-state index contributed by atoms with van der Waals surface area (Å²) < 4.78 is 24.6. The summed E-state index contributed by atoms with van der Waals surface area (Å²) in [5.74, 6) is 0. The van der Waals surface area contributed by atoms with Gasteiger partial charge in [0, 0.05) is 11.8 Å². The Kier molecular flexibility index (Phi) is 3.10. The van der Waals surface area contributed by atoms with Crippen LogP contribution in [-0.4, -0.2) is 15.0 Å². The van der Waals surface area contributed by atoms with Crippen molar-refractivity contribution in [2.75, 3.05) is 5.73 Å². The molecule has 15 heavy (non-hydrogen) atoms. The normalized spacial score (nSPS) is 10.7. The molecule has 1 aromatic rings. The summed E-state index contributed by atoms with van der Waals surface area (Å²) in [7, 11) is 0. The molecule has 0 saturated heterocycles. The van der Waals surface area contributed by atoms with Crippen LogP contribution < -0.4 is 5.73 Å². The lowest BCUT2D eigenvalue weighted by atomic mass is 10.2. The molecular weight excluding hydrogens is 212 g/mol. The van der Waals surface area contributed by atoms with Crippen molar-refractivity contribution in [1.29, 1.82) is 0 Å². The maximum atomic E-state index is 12.3. The number of aromatic nitrogens is 1. The van der Waals surface area contributed by atoms with Crippen LogP contribution in [0.2, 0.25) is 0 Å². The molecule has 1 rings (SSSR count). The van der Waals surface area contributed by atoms with Crippen LogP contribution in [0.5, 0.6) is 0 Å². The maximum Gasteiger partial charge on any atom is 0.319 e. The zero-order valence-electron chi connectivity index (χ0n) is 7.35. The van der Waals surface area contributed by atoms with Gasteiger partial charge in [0.1, 0.15) is 5.69 Å². The number of rotatable bonds is 3. The van der Waals surface area contributed by atoms with E-state index < -0.39 is 35.0 Å². The van der Waals surface area contributed by atoms with E-state index in [1.54, 1.807) is 0 Å². The van der Waals surface area contributed by atoms with Gasteiger partial charge >= 0.3 is 5.69 Å². The molecule has 8 heteroatoms. The van der Waals surface area contributed by atoms with E-state index in [2.05, 4.69) is 4.98 Å². The van der Waals surface area contributed by atoms with Crippen LogP contribution in [0, 0.1) is 10.1 Å². The van der Waals surface area contributed by atoms with Gasteiger partial charge in [-0.3, -0.25) is 10.1 Å². The SMILES string of the molecule is Nc1c(CO)cnc(C(F)F)c1[N+](=O)[O-]. The van der Waals surface area contributed by atoms with Gasteiger partial charge in [0.2, 0.25) is 0 Å². The standard InChI is InChI=1S/C7H7F2N3O3/c8-7(9)5-6(12(14)15)4(10)3(2-13)1-11-5/h1,7,13H,2H2,(H2,10,11). The van der Waals surface area contributed by atoms with Crippen LogP contribution in [0.15, 0.2) is 6.20 Å². The summed E-state index contributed by atoms with van der Waals surface area (Å²) in [6.45, 7) is -0.594. The Hall–Kier alpha value is -1.83. The smallest absolute Gasteiger partial charge is 0.319 e. The van der Waals surface area contributed by atoms with Crippen molar-refractivity contribution >= 4 is 11.4 Å². The van der Waals surface area contributed by atoms with Gasteiger partial charge in [0.15, 0.2) is 5.69 Å². The minimum Gasteiger partial charge on any atom is -0.393 e. The monoisotopic (exact) mass is 219 g/mol. The quantitative estimate of drug-likeness (QED) is 0.583. The lowest BCUT2D eigenvalue weighted by molar-refractivity contribution is -0.385. The molecule has 0 radical (unpaired) electrons. The van der Waals surface area contributed by atoms with Gasteiger partial charge < -0.3 is 10.8 Å². The molecule has 0 saturated carbocycles. The second-order valence-corrected chi connectivity index (χ2v) is 2.65. The van der Waals surface area contributed by atoms with E-state index in [4.69, 9.17) is 10.8 Å². The molecule has 0 aliphatic heterocycles. The third-order valence-electron chi connectivity index (χ3n) is 1.76. The van der Waals surface area contributed by atoms with Crippen molar-refractivity contribution < 1.29 is 18.8 Å². The highest BCUT2D eigenvalue weighted by Crippen LogP contribution is 2.33. The Balaban J connectivity index is 3.44. The molecule has 0 aliphatic rings. The molecule has 1 heterocycles. The molecule has 1 aromatic heterocycles. The number of hydrogen-bond acceptors (Lipinski definition) is 5. The second-order valence-electron chi connectivity index (χ2n) is 2.65. The van der Waals surface area contributed by atoms with Crippen LogP contribution in [0.4, 0.5) is 20.2 Å². The van der Waals surface area contributed by atoms with Gasteiger partial charge in [-0.15, -0.1) is 0 Å². The number of alkyl halides is 2. The number of nitro groups is 1. The first-order chi connectivity index (χ1) is 6.99. The first-order valence-corrected chi connectivity index (χ1v) is 3.79. The molecule has 6 nitrogen and oxygen atoms in total. The van der Waals surface area contributed by atoms with E-state index in [0.29, 0.717) is 0 Å². The van der Waals surface area contributed by atoms with E-state index in [-0.39, 0.29) is 5.56 Å². The number of nitrogens with two attached hydrogens (primary N) is 1. The van der Waals surface area contributed by atoms with Crippen molar-refractivity contribution in [2.45, 2.75) is 13.0 Å². The highest BCUT2D eigenvalue weighted by molar-refractivity contribution is 5.64. The van der Waals surface area contributed by atoms with E-state index >= 15 is 0 Å². The van der Waals surface area contributed by atoms with Crippen molar-refractivity contribution in [3.8, 4) is 0 Å². The van der Waals surface area contributed by atoms with Gasteiger partial charge in [0.05, 0.1) is 11.5 Å². The van der Waals surface area contributed by atoms with Crippen molar-refractivity contribution in [3.05, 3.63) is 27.6 Å². The predicted molar refractivity (Wildman–Crippen MR) is 46.2 cm³/mol. The highest BCUT2D eigenvalue weighted by Gasteiger charge is 2.28. The largest absolute Gasteiger partial charge is 0.393 e. The lowest BCUT2D eigenvalue weighted by Gasteiger charge is -2.06. The third-order valence-corrected chi connectivity index (χ3v) is 1.76. The fourth-order valence-electron chi connectivity index (χ4n) is 1.05. The topological polar surface area (TPSA) is 102 Å². The van der Waals surface area contributed by atoms with Gasteiger partial charge in [-0.2, -0.15) is 0 Å². The molecular formula is C7H7F2N3O3. The number of pyridine rings is 1.